The molecule has 1 aliphatic carbocycles. The molecule has 134 valence electrons. The van der Waals surface area contributed by atoms with Gasteiger partial charge in [-0.3, -0.25) is 9.59 Å². The number of methoxy groups -OCH3 is 2. The summed E-state index contributed by atoms with van der Waals surface area (Å²) in [6, 6.07) is 5.79. The Morgan fingerprint density at radius 2 is 1.56 bits per heavy atom. The number of fused-ring (bicyclic) bond motifs is 1. The summed E-state index contributed by atoms with van der Waals surface area (Å²) >= 11 is 0. The second kappa shape index (κ2) is 6.46. The maximum absolute atomic E-state index is 12.3. The molecule has 25 heavy (non-hydrogen) atoms. The van der Waals surface area contributed by atoms with Gasteiger partial charge in [-0.1, -0.05) is 32.0 Å². The van der Waals surface area contributed by atoms with Crippen LogP contribution in [0.1, 0.15) is 25.0 Å². The Kier molecular flexibility index (Phi) is 4.64. The summed E-state index contributed by atoms with van der Waals surface area (Å²) in [4.78, 5) is 24.6. The van der Waals surface area contributed by atoms with Crippen molar-refractivity contribution < 1.29 is 28.4 Å². The molecule has 2 aliphatic rings. The number of esters is 2. The van der Waals surface area contributed by atoms with Crippen LogP contribution in [0.3, 0.4) is 0 Å². The summed E-state index contributed by atoms with van der Waals surface area (Å²) in [5.74, 6) is -1.13. The molecule has 6 nitrogen and oxygen atoms in total. The van der Waals surface area contributed by atoms with E-state index in [1.807, 2.05) is 18.2 Å². The van der Waals surface area contributed by atoms with E-state index in [0.717, 1.165) is 16.6 Å². The van der Waals surface area contributed by atoms with Gasteiger partial charge in [0.15, 0.2) is 5.41 Å². The van der Waals surface area contributed by atoms with Crippen LogP contribution in [-0.4, -0.2) is 46.5 Å². The number of carbonyl (C=O) groups excluding carboxylic acids is 2. The van der Waals surface area contributed by atoms with Crippen LogP contribution in [0.4, 0.5) is 0 Å². The van der Waals surface area contributed by atoms with Crippen LogP contribution in [0.25, 0.3) is 0 Å². The van der Waals surface area contributed by atoms with E-state index in [2.05, 4.69) is 13.8 Å². The van der Waals surface area contributed by atoms with Gasteiger partial charge in [0.25, 0.3) is 0 Å². The van der Waals surface area contributed by atoms with Gasteiger partial charge in [-0.15, -0.1) is 0 Å². The van der Waals surface area contributed by atoms with Crippen LogP contribution in [-0.2, 0) is 41.2 Å². The highest BCUT2D eigenvalue weighted by molar-refractivity contribution is 6.61. The molecule has 0 spiro atoms. The lowest BCUT2D eigenvalue weighted by Gasteiger charge is -2.33. The Morgan fingerprint density at radius 1 is 1.00 bits per heavy atom. The van der Waals surface area contributed by atoms with Gasteiger partial charge in [0.1, 0.15) is 0 Å². The lowest BCUT2D eigenvalue weighted by molar-refractivity contribution is -0.168. The first-order chi connectivity index (χ1) is 11.8. The van der Waals surface area contributed by atoms with Gasteiger partial charge in [-0.05, 0) is 29.4 Å². The number of ether oxygens (including phenoxy) is 2. The van der Waals surface area contributed by atoms with Crippen LogP contribution in [0.5, 0.6) is 0 Å². The fourth-order valence-corrected chi connectivity index (χ4v) is 3.49. The maximum Gasteiger partial charge on any atom is 0.493 e. The lowest BCUT2D eigenvalue weighted by Crippen LogP contribution is -2.47. The van der Waals surface area contributed by atoms with Crippen LogP contribution in [0.15, 0.2) is 18.2 Å². The fraction of sp³-hybridized carbons (Fsp3) is 0.556. The fourth-order valence-electron chi connectivity index (χ4n) is 3.49. The van der Waals surface area contributed by atoms with Crippen LogP contribution in [0.2, 0.25) is 0 Å². The van der Waals surface area contributed by atoms with Crippen molar-refractivity contribution in [2.75, 3.05) is 27.4 Å². The molecule has 0 amide bonds. The predicted molar refractivity (Wildman–Crippen MR) is 91.4 cm³/mol. The quantitative estimate of drug-likeness (QED) is 0.460. The van der Waals surface area contributed by atoms with Gasteiger partial charge in [0, 0.05) is 18.6 Å². The standard InChI is InChI=1S/C18H23BO6/c1-17(2)10-24-19(25-11-17)14-6-5-12-8-18(15(20)22-3,16(21)23-4)9-13(12)7-14/h5-7H,8-11H2,1-4H3. The second-order valence-corrected chi connectivity index (χ2v) is 7.57. The van der Waals surface area contributed by atoms with Crippen LogP contribution < -0.4 is 5.46 Å². The van der Waals surface area contributed by atoms with Gasteiger partial charge in [0.05, 0.1) is 14.2 Å². The first-order valence-corrected chi connectivity index (χ1v) is 8.33. The summed E-state index contributed by atoms with van der Waals surface area (Å²) in [6.45, 7) is 5.41. The van der Waals surface area contributed by atoms with Crippen molar-refractivity contribution in [2.45, 2.75) is 26.7 Å². The molecule has 1 aliphatic heterocycles. The highest BCUT2D eigenvalue weighted by Crippen LogP contribution is 2.39. The molecule has 1 aromatic rings. The van der Waals surface area contributed by atoms with E-state index >= 15 is 0 Å². The molecule has 0 unspecified atom stereocenters. The van der Waals surface area contributed by atoms with E-state index in [0.29, 0.717) is 13.2 Å². The van der Waals surface area contributed by atoms with Gasteiger partial charge in [-0.25, -0.2) is 0 Å². The van der Waals surface area contributed by atoms with Gasteiger partial charge in [0.2, 0.25) is 0 Å². The highest BCUT2D eigenvalue weighted by Gasteiger charge is 2.52. The Labute approximate surface area is 147 Å². The molecule has 0 radical (unpaired) electrons. The van der Waals surface area contributed by atoms with Gasteiger partial charge >= 0.3 is 19.1 Å². The lowest BCUT2D eigenvalue weighted by atomic mass is 9.75. The monoisotopic (exact) mass is 346 g/mol. The smallest absolute Gasteiger partial charge is 0.468 e. The normalized spacial score (nSPS) is 20.7. The van der Waals surface area contributed by atoms with Crippen molar-refractivity contribution in [1.29, 1.82) is 0 Å². The van der Waals surface area contributed by atoms with E-state index in [1.54, 1.807) is 0 Å². The summed E-state index contributed by atoms with van der Waals surface area (Å²) < 4.78 is 21.4. The first-order valence-electron chi connectivity index (χ1n) is 8.33. The molecule has 0 saturated carbocycles. The summed E-state index contributed by atoms with van der Waals surface area (Å²) in [5, 5.41) is 0. The van der Waals surface area contributed by atoms with E-state index in [1.165, 1.54) is 14.2 Å². The number of benzene rings is 1. The zero-order valence-electron chi connectivity index (χ0n) is 15.1. The zero-order valence-corrected chi connectivity index (χ0v) is 15.1. The number of rotatable bonds is 3. The first kappa shape index (κ1) is 18.0. The second-order valence-electron chi connectivity index (χ2n) is 7.57. The van der Waals surface area contributed by atoms with Crippen LogP contribution >= 0.6 is 0 Å². The Morgan fingerprint density at radius 3 is 2.12 bits per heavy atom. The number of hydrogen-bond donors (Lipinski definition) is 0. The Bertz CT molecular complexity index is 673. The highest BCUT2D eigenvalue weighted by atomic mass is 16.6. The Hall–Kier alpha value is -1.86. The molecular weight excluding hydrogens is 323 g/mol. The van der Waals surface area contributed by atoms with Crippen molar-refractivity contribution in [3.8, 4) is 0 Å². The molecule has 3 rings (SSSR count). The van der Waals surface area contributed by atoms with Gasteiger partial charge < -0.3 is 18.8 Å². The summed E-state index contributed by atoms with van der Waals surface area (Å²) in [6.07, 6.45) is 0.537. The molecule has 0 atom stereocenters. The molecule has 1 heterocycles. The minimum Gasteiger partial charge on any atom is -0.468 e. The van der Waals surface area contributed by atoms with Crippen LogP contribution in [0, 0.1) is 10.8 Å². The average Bonchev–Trinajstić information content (AvgIpc) is 3.00. The Balaban J connectivity index is 1.85. The number of hydrogen-bond acceptors (Lipinski definition) is 6. The minimum absolute atomic E-state index is 0.00184. The molecule has 1 fully saturated rings. The number of carbonyl (C=O) groups is 2. The average molecular weight is 346 g/mol. The van der Waals surface area contributed by atoms with Crippen molar-refractivity contribution >= 4 is 24.5 Å². The molecule has 1 saturated heterocycles. The molecule has 7 heteroatoms. The summed E-state index contributed by atoms with van der Waals surface area (Å²) in [7, 11) is 2.14. The SMILES string of the molecule is COC(=O)C1(C(=O)OC)Cc2ccc(B3OCC(C)(C)CO3)cc2C1. The summed E-state index contributed by atoms with van der Waals surface area (Å²) in [5.41, 5.74) is 1.44. The molecule has 0 N–H and O–H groups in total. The third-order valence-corrected chi connectivity index (χ3v) is 4.89. The van der Waals surface area contributed by atoms with Crippen molar-refractivity contribution in [2.24, 2.45) is 10.8 Å². The molecule has 1 aromatic carbocycles. The van der Waals surface area contributed by atoms with E-state index in [9.17, 15) is 9.59 Å². The zero-order chi connectivity index (χ0) is 18.2. The van der Waals surface area contributed by atoms with E-state index in [-0.39, 0.29) is 18.3 Å². The maximum atomic E-state index is 12.3. The molecule has 0 bridgehead atoms. The molecule has 0 aromatic heterocycles. The predicted octanol–water partition coefficient (Wildman–Crippen LogP) is 0.886. The minimum atomic E-state index is -1.30. The van der Waals surface area contributed by atoms with E-state index in [4.69, 9.17) is 18.8 Å². The van der Waals surface area contributed by atoms with E-state index < -0.39 is 24.5 Å². The van der Waals surface area contributed by atoms with Crippen molar-refractivity contribution in [3.63, 3.8) is 0 Å². The molecular formula is C18H23BO6. The van der Waals surface area contributed by atoms with Crippen molar-refractivity contribution in [3.05, 3.63) is 29.3 Å². The topological polar surface area (TPSA) is 71.1 Å². The van der Waals surface area contributed by atoms with Crippen molar-refractivity contribution in [1.82, 2.24) is 0 Å². The third kappa shape index (κ3) is 3.18. The third-order valence-electron chi connectivity index (χ3n) is 4.89. The van der Waals surface area contributed by atoms with Gasteiger partial charge in [-0.2, -0.15) is 0 Å². The largest absolute Gasteiger partial charge is 0.493 e.